The Morgan fingerprint density at radius 3 is 2.74 bits per heavy atom. The van der Waals surface area contributed by atoms with E-state index in [0.29, 0.717) is 13.0 Å². The number of amides is 1. The van der Waals surface area contributed by atoms with Crippen LogP contribution in [-0.2, 0) is 4.79 Å². The van der Waals surface area contributed by atoms with Gasteiger partial charge in [0, 0.05) is 37.3 Å². The number of nitrogens with zero attached hydrogens (tertiary/aromatic N) is 1. The minimum Gasteiger partial charge on any atom is -0.393 e. The van der Waals surface area contributed by atoms with Gasteiger partial charge in [0.1, 0.15) is 0 Å². The minimum atomic E-state index is -0.240. The standard InChI is InChI=1S/C15H24N2O2/c1-12(17-8-4-5-9-17)10-15(19)16-11-13-6-2-3-7-14(13)18/h4-5,8-9,12-14,18H,2-3,6-7,10-11H2,1H3,(H,16,19)/t12-,13-,14-/m1/s1. The Balaban J connectivity index is 1.72. The van der Waals surface area contributed by atoms with Crippen LogP contribution in [0.2, 0.25) is 0 Å². The molecule has 4 nitrogen and oxygen atoms in total. The zero-order chi connectivity index (χ0) is 13.7. The molecule has 0 bridgehead atoms. The lowest BCUT2D eigenvalue weighted by molar-refractivity contribution is -0.122. The van der Waals surface area contributed by atoms with Crippen molar-refractivity contribution in [2.45, 2.75) is 51.2 Å². The van der Waals surface area contributed by atoms with Crippen LogP contribution in [0.15, 0.2) is 24.5 Å². The van der Waals surface area contributed by atoms with Crippen LogP contribution in [0.4, 0.5) is 0 Å². The maximum Gasteiger partial charge on any atom is 0.222 e. The molecule has 1 fully saturated rings. The molecule has 0 saturated heterocycles. The average Bonchev–Trinajstić information content (AvgIpc) is 2.91. The molecule has 3 atom stereocenters. The number of carbonyl (C=O) groups excluding carboxylic acids is 1. The molecule has 2 rings (SSSR count). The minimum absolute atomic E-state index is 0.0685. The first-order valence-corrected chi connectivity index (χ1v) is 7.24. The first kappa shape index (κ1) is 14.1. The summed E-state index contributed by atoms with van der Waals surface area (Å²) in [7, 11) is 0. The maximum atomic E-state index is 11.9. The van der Waals surface area contributed by atoms with Crippen LogP contribution in [-0.4, -0.2) is 28.2 Å². The van der Waals surface area contributed by atoms with Gasteiger partial charge in [-0.05, 0) is 31.9 Å². The third-order valence-corrected chi connectivity index (χ3v) is 4.05. The Bertz CT molecular complexity index is 389. The first-order chi connectivity index (χ1) is 9.16. The molecular formula is C15H24N2O2. The largest absolute Gasteiger partial charge is 0.393 e. The van der Waals surface area contributed by atoms with E-state index in [1.54, 1.807) is 0 Å². The predicted molar refractivity (Wildman–Crippen MR) is 74.7 cm³/mol. The van der Waals surface area contributed by atoms with Crippen molar-refractivity contribution < 1.29 is 9.90 Å². The molecule has 1 aliphatic carbocycles. The van der Waals surface area contributed by atoms with E-state index in [2.05, 4.69) is 5.32 Å². The molecule has 1 aromatic heterocycles. The second kappa shape index (κ2) is 6.75. The third kappa shape index (κ3) is 4.10. The van der Waals surface area contributed by atoms with E-state index >= 15 is 0 Å². The van der Waals surface area contributed by atoms with Gasteiger partial charge in [-0.25, -0.2) is 0 Å². The predicted octanol–water partition coefficient (Wildman–Crippen LogP) is 2.11. The summed E-state index contributed by atoms with van der Waals surface area (Å²) in [6.45, 7) is 2.65. The van der Waals surface area contributed by atoms with Crippen LogP contribution in [0.3, 0.4) is 0 Å². The molecule has 19 heavy (non-hydrogen) atoms. The summed E-state index contributed by atoms with van der Waals surface area (Å²) in [6.07, 6.45) is 8.36. The Morgan fingerprint density at radius 2 is 2.05 bits per heavy atom. The molecule has 0 aromatic carbocycles. The highest BCUT2D eigenvalue weighted by atomic mass is 16.3. The Labute approximate surface area is 114 Å². The van der Waals surface area contributed by atoms with Gasteiger partial charge < -0.3 is 15.0 Å². The second-order valence-corrected chi connectivity index (χ2v) is 5.60. The van der Waals surface area contributed by atoms with Gasteiger partial charge in [0.05, 0.1) is 6.10 Å². The lowest BCUT2D eigenvalue weighted by Crippen LogP contribution is -2.37. The monoisotopic (exact) mass is 264 g/mol. The number of carbonyl (C=O) groups is 1. The Morgan fingerprint density at radius 1 is 1.37 bits per heavy atom. The van der Waals surface area contributed by atoms with Crippen molar-refractivity contribution in [3.05, 3.63) is 24.5 Å². The van der Waals surface area contributed by atoms with E-state index in [1.807, 2.05) is 36.0 Å². The van der Waals surface area contributed by atoms with Crippen molar-refractivity contribution in [3.63, 3.8) is 0 Å². The molecule has 0 aliphatic heterocycles. The molecule has 1 aliphatic rings. The van der Waals surface area contributed by atoms with Gasteiger partial charge in [-0.2, -0.15) is 0 Å². The maximum absolute atomic E-state index is 11.9. The first-order valence-electron chi connectivity index (χ1n) is 7.24. The summed E-state index contributed by atoms with van der Waals surface area (Å²) in [4.78, 5) is 11.9. The van der Waals surface area contributed by atoms with Crippen molar-refractivity contribution in [1.82, 2.24) is 9.88 Å². The highest BCUT2D eigenvalue weighted by Gasteiger charge is 2.23. The van der Waals surface area contributed by atoms with Crippen molar-refractivity contribution in [2.24, 2.45) is 5.92 Å². The molecule has 1 amide bonds. The number of hydrogen-bond donors (Lipinski definition) is 2. The van der Waals surface area contributed by atoms with Crippen LogP contribution in [0.5, 0.6) is 0 Å². The van der Waals surface area contributed by atoms with Crippen LogP contribution >= 0.6 is 0 Å². The summed E-state index contributed by atoms with van der Waals surface area (Å²) in [5.41, 5.74) is 0. The fraction of sp³-hybridized carbons (Fsp3) is 0.667. The molecule has 0 unspecified atom stereocenters. The van der Waals surface area contributed by atoms with E-state index < -0.39 is 0 Å². The van der Waals surface area contributed by atoms with Crippen LogP contribution in [0.25, 0.3) is 0 Å². The second-order valence-electron chi connectivity index (χ2n) is 5.60. The molecule has 2 N–H and O–H groups in total. The summed E-state index contributed by atoms with van der Waals surface area (Å²) in [5, 5.41) is 12.8. The number of rotatable bonds is 5. The lowest BCUT2D eigenvalue weighted by atomic mass is 9.86. The summed E-state index contributed by atoms with van der Waals surface area (Å²) >= 11 is 0. The molecule has 106 valence electrons. The topological polar surface area (TPSA) is 54.3 Å². The molecule has 1 heterocycles. The van der Waals surface area contributed by atoms with Gasteiger partial charge in [0.25, 0.3) is 0 Å². The van der Waals surface area contributed by atoms with Crippen molar-refractivity contribution >= 4 is 5.91 Å². The van der Waals surface area contributed by atoms with Gasteiger partial charge in [-0.15, -0.1) is 0 Å². The van der Waals surface area contributed by atoms with Gasteiger partial charge in [-0.1, -0.05) is 12.8 Å². The van der Waals surface area contributed by atoms with E-state index in [1.165, 1.54) is 0 Å². The quantitative estimate of drug-likeness (QED) is 0.855. The van der Waals surface area contributed by atoms with Gasteiger partial charge >= 0.3 is 0 Å². The van der Waals surface area contributed by atoms with Crippen molar-refractivity contribution in [1.29, 1.82) is 0 Å². The normalized spacial score (nSPS) is 24.9. The summed E-state index contributed by atoms with van der Waals surface area (Å²) < 4.78 is 2.04. The average molecular weight is 264 g/mol. The van der Waals surface area contributed by atoms with Gasteiger partial charge in [0.2, 0.25) is 5.91 Å². The molecule has 1 aromatic rings. The zero-order valence-corrected chi connectivity index (χ0v) is 11.6. The SMILES string of the molecule is C[C@H](CC(=O)NC[C@H]1CCCC[C@H]1O)n1cccc1. The van der Waals surface area contributed by atoms with Crippen LogP contribution in [0, 0.1) is 5.92 Å². The fourth-order valence-corrected chi connectivity index (χ4v) is 2.76. The summed E-state index contributed by atoms with van der Waals surface area (Å²) in [6, 6.07) is 4.10. The molecule has 0 spiro atoms. The molecule has 1 saturated carbocycles. The van der Waals surface area contributed by atoms with E-state index in [4.69, 9.17) is 0 Å². The number of aliphatic hydroxyl groups excluding tert-OH is 1. The number of nitrogens with one attached hydrogen (secondary N) is 1. The van der Waals surface area contributed by atoms with Crippen molar-refractivity contribution in [2.75, 3.05) is 6.54 Å². The number of hydrogen-bond acceptors (Lipinski definition) is 2. The van der Waals surface area contributed by atoms with Gasteiger partial charge in [0.15, 0.2) is 0 Å². The molecule has 0 radical (unpaired) electrons. The van der Waals surface area contributed by atoms with E-state index in [0.717, 1.165) is 25.7 Å². The Kier molecular flexibility index (Phi) is 5.02. The van der Waals surface area contributed by atoms with Crippen molar-refractivity contribution in [3.8, 4) is 0 Å². The highest BCUT2D eigenvalue weighted by Crippen LogP contribution is 2.23. The summed E-state index contributed by atoms with van der Waals surface area (Å²) in [5.74, 6) is 0.304. The smallest absolute Gasteiger partial charge is 0.222 e. The van der Waals surface area contributed by atoms with E-state index in [9.17, 15) is 9.90 Å². The fourth-order valence-electron chi connectivity index (χ4n) is 2.76. The molecule has 4 heteroatoms. The lowest BCUT2D eigenvalue weighted by Gasteiger charge is -2.27. The van der Waals surface area contributed by atoms with Crippen LogP contribution in [0.1, 0.15) is 45.1 Å². The van der Waals surface area contributed by atoms with E-state index in [-0.39, 0.29) is 24.0 Å². The van der Waals surface area contributed by atoms with Gasteiger partial charge in [-0.3, -0.25) is 4.79 Å². The zero-order valence-electron chi connectivity index (χ0n) is 11.6. The van der Waals surface area contributed by atoms with Crippen LogP contribution < -0.4 is 5.32 Å². The molecular weight excluding hydrogens is 240 g/mol. The number of aromatic nitrogens is 1. The number of aliphatic hydroxyl groups is 1. The Hall–Kier alpha value is -1.29. The third-order valence-electron chi connectivity index (χ3n) is 4.05. The highest BCUT2D eigenvalue weighted by molar-refractivity contribution is 5.76.